The van der Waals surface area contributed by atoms with Gasteiger partial charge in [0.15, 0.2) is 0 Å². The van der Waals surface area contributed by atoms with Crippen LogP contribution in [0.1, 0.15) is 36.5 Å². The molecule has 0 fully saturated rings. The molecule has 2 heteroatoms. The lowest BCUT2D eigenvalue weighted by molar-refractivity contribution is 0.0833. The van der Waals surface area contributed by atoms with Gasteiger partial charge in [-0.05, 0) is 30.4 Å². The minimum absolute atomic E-state index is 0.0510. The third-order valence-electron chi connectivity index (χ3n) is 3.39. The van der Waals surface area contributed by atoms with E-state index in [-0.39, 0.29) is 6.10 Å². The first-order valence-corrected chi connectivity index (χ1v) is 6.33. The van der Waals surface area contributed by atoms with Crippen LogP contribution in [0.3, 0.4) is 0 Å². The van der Waals surface area contributed by atoms with Crippen molar-refractivity contribution in [1.82, 2.24) is 0 Å². The summed E-state index contributed by atoms with van der Waals surface area (Å²) in [5.74, 6) is 0.961. The second-order valence-corrected chi connectivity index (χ2v) is 4.43. The average molecular weight is 244 g/mol. The summed E-state index contributed by atoms with van der Waals surface area (Å²) < 4.78 is 11.1. The number of rotatable bonds is 6. The molecule has 1 aromatic rings. The molecular formula is C16H20O2. The molecule has 0 saturated carbocycles. The zero-order valence-corrected chi connectivity index (χ0v) is 11.1. The number of hydrogen-bond donors (Lipinski definition) is 0. The predicted octanol–water partition coefficient (Wildman–Crippen LogP) is 4.10. The van der Waals surface area contributed by atoms with Crippen molar-refractivity contribution in [2.24, 2.45) is 0 Å². The van der Waals surface area contributed by atoms with Crippen LogP contribution in [0.25, 0.3) is 5.57 Å². The van der Waals surface area contributed by atoms with Gasteiger partial charge in [0.05, 0.1) is 7.11 Å². The number of fused-ring (bicyclic) bond motifs is 1. The SMILES string of the molecule is C=CCCCC1=C(OC)C(OC)c2ccccc21. The van der Waals surface area contributed by atoms with Gasteiger partial charge < -0.3 is 9.47 Å². The third-order valence-corrected chi connectivity index (χ3v) is 3.39. The van der Waals surface area contributed by atoms with Gasteiger partial charge in [-0.3, -0.25) is 0 Å². The summed E-state index contributed by atoms with van der Waals surface area (Å²) in [6.45, 7) is 3.77. The smallest absolute Gasteiger partial charge is 0.140 e. The van der Waals surface area contributed by atoms with Crippen LogP contribution in [-0.4, -0.2) is 14.2 Å². The molecule has 1 aliphatic carbocycles. The Balaban J connectivity index is 2.34. The monoisotopic (exact) mass is 244 g/mol. The second kappa shape index (κ2) is 5.87. The van der Waals surface area contributed by atoms with Gasteiger partial charge in [-0.2, -0.15) is 0 Å². The van der Waals surface area contributed by atoms with Crippen molar-refractivity contribution in [3.63, 3.8) is 0 Å². The van der Waals surface area contributed by atoms with E-state index in [2.05, 4.69) is 24.8 Å². The molecule has 0 spiro atoms. The van der Waals surface area contributed by atoms with E-state index in [1.807, 2.05) is 12.1 Å². The predicted molar refractivity (Wildman–Crippen MR) is 74.2 cm³/mol. The fraction of sp³-hybridized carbons (Fsp3) is 0.375. The van der Waals surface area contributed by atoms with E-state index in [0.29, 0.717) is 0 Å². The molecule has 0 saturated heterocycles. The number of allylic oxidation sites excluding steroid dienone is 2. The van der Waals surface area contributed by atoms with Crippen molar-refractivity contribution in [2.45, 2.75) is 25.4 Å². The third kappa shape index (κ3) is 2.21. The van der Waals surface area contributed by atoms with Crippen molar-refractivity contribution in [3.8, 4) is 0 Å². The largest absolute Gasteiger partial charge is 0.498 e. The van der Waals surface area contributed by atoms with Gasteiger partial charge in [0.25, 0.3) is 0 Å². The van der Waals surface area contributed by atoms with Crippen molar-refractivity contribution < 1.29 is 9.47 Å². The second-order valence-electron chi connectivity index (χ2n) is 4.43. The fourth-order valence-corrected chi connectivity index (χ4v) is 2.58. The summed E-state index contributed by atoms with van der Waals surface area (Å²) in [7, 11) is 3.45. The summed E-state index contributed by atoms with van der Waals surface area (Å²) in [5, 5.41) is 0. The first kappa shape index (κ1) is 12.9. The minimum Gasteiger partial charge on any atom is -0.498 e. The Morgan fingerprint density at radius 3 is 2.72 bits per heavy atom. The molecule has 2 nitrogen and oxygen atoms in total. The number of benzene rings is 1. The van der Waals surface area contributed by atoms with Gasteiger partial charge in [-0.25, -0.2) is 0 Å². The highest BCUT2D eigenvalue weighted by atomic mass is 16.5. The number of unbranched alkanes of at least 4 members (excludes halogenated alkanes) is 1. The molecule has 0 N–H and O–H groups in total. The van der Waals surface area contributed by atoms with E-state index in [9.17, 15) is 0 Å². The summed E-state index contributed by atoms with van der Waals surface area (Å²) in [4.78, 5) is 0. The molecule has 0 heterocycles. The number of hydrogen-bond acceptors (Lipinski definition) is 2. The van der Waals surface area contributed by atoms with Gasteiger partial charge in [0.1, 0.15) is 11.9 Å². The zero-order valence-electron chi connectivity index (χ0n) is 11.1. The maximum atomic E-state index is 5.57. The molecule has 1 unspecified atom stereocenters. The first-order chi connectivity index (χ1) is 8.83. The molecule has 0 radical (unpaired) electrons. The van der Waals surface area contributed by atoms with E-state index >= 15 is 0 Å². The van der Waals surface area contributed by atoms with Crippen LogP contribution < -0.4 is 0 Å². The highest BCUT2D eigenvalue weighted by Gasteiger charge is 2.31. The Morgan fingerprint density at radius 1 is 1.28 bits per heavy atom. The molecule has 1 aromatic carbocycles. The zero-order chi connectivity index (χ0) is 13.0. The van der Waals surface area contributed by atoms with Crippen LogP contribution in [0.15, 0.2) is 42.7 Å². The quantitative estimate of drug-likeness (QED) is 0.554. The van der Waals surface area contributed by atoms with E-state index in [0.717, 1.165) is 25.0 Å². The minimum atomic E-state index is -0.0510. The van der Waals surface area contributed by atoms with E-state index < -0.39 is 0 Å². The molecule has 1 aliphatic rings. The Morgan fingerprint density at radius 2 is 2.06 bits per heavy atom. The normalized spacial score (nSPS) is 17.8. The molecule has 1 atom stereocenters. The number of ether oxygens (including phenoxy) is 2. The van der Waals surface area contributed by atoms with Crippen LogP contribution in [-0.2, 0) is 9.47 Å². The van der Waals surface area contributed by atoms with E-state index in [4.69, 9.17) is 9.47 Å². The van der Waals surface area contributed by atoms with Crippen LogP contribution in [0.2, 0.25) is 0 Å². The topological polar surface area (TPSA) is 18.5 Å². The first-order valence-electron chi connectivity index (χ1n) is 6.33. The highest BCUT2D eigenvalue weighted by molar-refractivity contribution is 5.76. The van der Waals surface area contributed by atoms with Crippen molar-refractivity contribution in [2.75, 3.05) is 14.2 Å². The Bertz CT molecular complexity index is 460. The Hall–Kier alpha value is -1.54. The molecule has 96 valence electrons. The lowest BCUT2D eigenvalue weighted by atomic mass is 10.0. The van der Waals surface area contributed by atoms with Gasteiger partial charge in [0.2, 0.25) is 0 Å². The Labute approximate surface area is 109 Å². The van der Waals surface area contributed by atoms with Crippen LogP contribution in [0, 0.1) is 0 Å². The summed E-state index contributed by atoms with van der Waals surface area (Å²) in [6, 6.07) is 8.38. The lowest BCUT2D eigenvalue weighted by Gasteiger charge is -2.13. The van der Waals surface area contributed by atoms with Crippen molar-refractivity contribution >= 4 is 5.57 Å². The Kier molecular flexibility index (Phi) is 4.21. The molecule has 0 aliphatic heterocycles. The van der Waals surface area contributed by atoms with Crippen molar-refractivity contribution in [1.29, 1.82) is 0 Å². The molecule has 0 amide bonds. The van der Waals surface area contributed by atoms with E-state index in [1.54, 1.807) is 14.2 Å². The summed E-state index contributed by atoms with van der Waals surface area (Å²) >= 11 is 0. The number of methoxy groups -OCH3 is 2. The molecular weight excluding hydrogens is 224 g/mol. The standard InChI is InChI=1S/C16H20O2/c1-4-5-6-10-13-12-9-7-8-11-14(12)16(18-3)15(13)17-2/h4,7-9,11,16H,1,5-6,10H2,2-3H3. The van der Waals surface area contributed by atoms with Gasteiger partial charge in [-0.1, -0.05) is 30.3 Å². The lowest BCUT2D eigenvalue weighted by Crippen LogP contribution is -2.02. The average Bonchev–Trinajstić information content (AvgIpc) is 2.72. The molecule has 0 aromatic heterocycles. The van der Waals surface area contributed by atoms with Crippen LogP contribution >= 0.6 is 0 Å². The highest BCUT2D eigenvalue weighted by Crippen LogP contribution is 2.44. The van der Waals surface area contributed by atoms with Crippen LogP contribution in [0.4, 0.5) is 0 Å². The maximum Gasteiger partial charge on any atom is 0.140 e. The van der Waals surface area contributed by atoms with Gasteiger partial charge in [0, 0.05) is 12.7 Å². The molecule has 18 heavy (non-hydrogen) atoms. The van der Waals surface area contributed by atoms with E-state index in [1.165, 1.54) is 16.7 Å². The maximum absolute atomic E-state index is 5.57. The van der Waals surface area contributed by atoms with Gasteiger partial charge >= 0.3 is 0 Å². The van der Waals surface area contributed by atoms with Gasteiger partial charge in [-0.15, -0.1) is 6.58 Å². The summed E-state index contributed by atoms with van der Waals surface area (Å²) in [6.07, 6.45) is 5.04. The van der Waals surface area contributed by atoms with Crippen molar-refractivity contribution in [3.05, 3.63) is 53.8 Å². The molecule has 2 rings (SSSR count). The summed E-state index contributed by atoms with van der Waals surface area (Å²) in [5.41, 5.74) is 3.76. The fourth-order valence-electron chi connectivity index (χ4n) is 2.58. The van der Waals surface area contributed by atoms with Crippen LogP contribution in [0.5, 0.6) is 0 Å². The molecule has 0 bridgehead atoms.